The second kappa shape index (κ2) is 10.6. The van der Waals surface area contributed by atoms with Gasteiger partial charge in [0.1, 0.15) is 34.3 Å². The first-order chi connectivity index (χ1) is 20.5. The van der Waals surface area contributed by atoms with Crippen LogP contribution in [0.5, 0.6) is 5.75 Å². The van der Waals surface area contributed by atoms with Crippen LogP contribution < -0.4 is 14.8 Å². The maximum Gasteiger partial charge on any atom is 0.270 e. The summed E-state index contributed by atoms with van der Waals surface area (Å²) in [5.41, 5.74) is 1.32. The van der Waals surface area contributed by atoms with Crippen molar-refractivity contribution >= 4 is 39.0 Å². The van der Waals surface area contributed by atoms with Gasteiger partial charge in [-0.05, 0) is 50.5 Å². The third kappa shape index (κ3) is 5.15. The molecule has 11 nitrogen and oxygen atoms in total. The molecule has 1 saturated heterocycles. The maximum atomic E-state index is 14.8. The molecule has 0 bridgehead atoms. The number of sulfonamides is 1. The number of nitrogens with zero attached hydrogens (tertiary/aromatic N) is 4. The van der Waals surface area contributed by atoms with Gasteiger partial charge in [-0.3, -0.25) is 9.59 Å². The van der Waals surface area contributed by atoms with Crippen LogP contribution in [0.3, 0.4) is 0 Å². The smallest absolute Gasteiger partial charge is 0.270 e. The lowest BCUT2D eigenvalue weighted by molar-refractivity contribution is 0.0646. The van der Waals surface area contributed by atoms with E-state index < -0.39 is 27.7 Å². The molecule has 2 aliphatic heterocycles. The lowest BCUT2D eigenvalue weighted by Crippen LogP contribution is -2.46. The van der Waals surface area contributed by atoms with Gasteiger partial charge in [0.05, 0.1) is 24.2 Å². The topological polar surface area (TPSA) is 135 Å². The van der Waals surface area contributed by atoms with E-state index in [9.17, 15) is 26.8 Å². The zero-order chi connectivity index (χ0) is 30.5. The number of ether oxygens (including phenoxy) is 1. The van der Waals surface area contributed by atoms with Crippen LogP contribution >= 0.6 is 0 Å². The third-order valence-corrected chi connectivity index (χ3v) is 9.29. The maximum absolute atomic E-state index is 14.8. The molecule has 43 heavy (non-hydrogen) atoms. The van der Waals surface area contributed by atoms with Gasteiger partial charge in [-0.25, -0.2) is 26.9 Å². The fraction of sp³-hybridized carbons (Fsp3) is 0.310. The number of fused-ring (bicyclic) bond motifs is 3. The van der Waals surface area contributed by atoms with Crippen molar-refractivity contribution in [3.05, 3.63) is 82.7 Å². The summed E-state index contributed by atoms with van der Waals surface area (Å²) in [6.07, 6.45) is 3.57. The summed E-state index contributed by atoms with van der Waals surface area (Å²) in [6, 6.07) is 8.97. The van der Waals surface area contributed by atoms with Crippen molar-refractivity contribution in [3.8, 4) is 5.75 Å². The predicted molar refractivity (Wildman–Crippen MR) is 153 cm³/mol. The van der Waals surface area contributed by atoms with Crippen LogP contribution in [0, 0.1) is 18.6 Å². The largest absolute Gasteiger partial charge is 0.492 e. The van der Waals surface area contributed by atoms with E-state index in [-0.39, 0.29) is 45.3 Å². The lowest BCUT2D eigenvalue weighted by Gasteiger charge is -2.38. The highest BCUT2D eigenvalue weighted by molar-refractivity contribution is 7.90. The van der Waals surface area contributed by atoms with Crippen molar-refractivity contribution in [2.45, 2.75) is 32.1 Å². The van der Waals surface area contributed by atoms with Crippen molar-refractivity contribution in [2.75, 3.05) is 30.8 Å². The molecule has 1 fully saturated rings. The van der Waals surface area contributed by atoms with Crippen LogP contribution in [0.1, 0.15) is 51.6 Å². The first-order valence-corrected chi connectivity index (χ1v) is 15.3. The van der Waals surface area contributed by atoms with Crippen molar-refractivity contribution < 1.29 is 31.5 Å². The molecule has 2 amide bonds. The number of benzene rings is 2. The quantitative estimate of drug-likeness (QED) is 0.338. The Kier molecular flexibility index (Phi) is 7.03. The molecular formula is C29H28F2N6O5S. The van der Waals surface area contributed by atoms with Crippen LogP contribution in [0.2, 0.25) is 0 Å². The van der Waals surface area contributed by atoms with E-state index in [0.717, 1.165) is 17.3 Å². The number of hydrogen-bond donors (Lipinski definition) is 2. The Hall–Kier alpha value is -4.59. The highest BCUT2D eigenvalue weighted by Gasteiger charge is 2.44. The summed E-state index contributed by atoms with van der Waals surface area (Å²) < 4.78 is 61.5. The fourth-order valence-corrected chi connectivity index (χ4v) is 6.10. The monoisotopic (exact) mass is 610 g/mol. The molecule has 2 aromatic carbocycles. The Labute approximate surface area is 245 Å². The number of piperidine rings is 1. The van der Waals surface area contributed by atoms with Crippen LogP contribution in [0.4, 0.5) is 20.3 Å². The van der Waals surface area contributed by atoms with Crippen molar-refractivity contribution in [2.24, 2.45) is 0 Å². The molecule has 2 aromatic heterocycles. The fourth-order valence-electron chi connectivity index (χ4n) is 5.57. The Balaban J connectivity index is 1.35. The molecule has 4 heterocycles. The van der Waals surface area contributed by atoms with E-state index >= 15 is 0 Å². The molecule has 6 rings (SSSR count). The summed E-state index contributed by atoms with van der Waals surface area (Å²) in [5.74, 6) is -2.01. The molecule has 0 unspecified atom stereocenters. The highest BCUT2D eigenvalue weighted by Crippen LogP contribution is 2.46. The average Bonchev–Trinajstić information content (AvgIpc) is 3.57. The normalized spacial score (nSPS) is 15.8. The standard InChI is InChI=1S/C29H28F2N6O5S/c1-3-43(40,41)35-27(38)19-15-33-37-25(19)32-14-20(26(37)34-23-12-17(2)4-7-22(23)31)28(39)36-10-8-29(9-11-36)16-42-24-13-18(30)5-6-21(24)29/h4-7,12-15,34H,3,8-11,16H2,1-2H3,(H,35,38). The van der Waals surface area contributed by atoms with Gasteiger partial charge in [-0.2, -0.15) is 9.61 Å². The van der Waals surface area contributed by atoms with Gasteiger partial charge in [-0.15, -0.1) is 0 Å². The summed E-state index contributed by atoms with van der Waals surface area (Å²) in [6.45, 7) is 4.31. The minimum atomic E-state index is -3.87. The van der Waals surface area contributed by atoms with Crippen LogP contribution in [0.15, 0.2) is 48.8 Å². The first-order valence-electron chi connectivity index (χ1n) is 13.7. The van der Waals surface area contributed by atoms with Crippen molar-refractivity contribution in [3.63, 3.8) is 0 Å². The zero-order valence-corrected chi connectivity index (χ0v) is 24.2. The minimum Gasteiger partial charge on any atom is -0.492 e. The van der Waals surface area contributed by atoms with Gasteiger partial charge in [0.25, 0.3) is 11.8 Å². The van der Waals surface area contributed by atoms with E-state index in [2.05, 4.69) is 15.4 Å². The average molecular weight is 611 g/mol. The summed E-state index contributed by atoms with van der Waals surface area (Å²) >= 11 is 0. The van der Waals surface area contributed by atoms with E-state index in [4.69, 9.17) is 4.74 Å². The zero-order valence-electron chi connectivity index (χ0n) is 23.4. The predicted octanol–water partition coefficient (Wildman–Crippen LogP) is 3.71. The molecule has 14 heteroatoms. The second-order valence-electron chi connectivity index (χ2n) is 10.8. The Morgan fingerprint density at radius 3 is 2.58 bits per heavy atom. The van der Waals surface area contributed by atoms with E-state index in [1.807, 2.05) is 4.72 Å². The Morgan fingerprint density at radius 2 is 1.84 bits per heavy atom. The highest BCUT2D eigenvalue weighted by atomic mass is 32.2. The number of amides is 2. The number of rotatable bonds is 6. The molecule has 2 N–H and O–H groups in total. The van der Waals surface area contributed by atoms with E-state index in [1.165, 1.54) is 35.8 Å². The molecule has 0 radical (unpaired) electrons. The Bertz CT molecular complexity index is 1890. The second-order valence-corrected chi connectivity index (χ2v) is 12.8. The van der Waals surface area contributed by atoms with Crippen molar-refractivity contribution in [1.29, 1.82) is 0 Å². The lowest BCUT2D eigenvalue weighted by atomic mass is 9.74. The Morgan fingerprint density at radius 1 is 1.07 bits per heavy atom. The first kappa shape index (κ1) is 28.5. The van der Waals surface area contributed by atoms with E-state index in [1.54, 1.807) is 30.0 Å². The molecule has 0 atom stereocenters. The summed E-state index contributed by atoms with van der Waals surface area (Å²) in [4.78, 5) is 32.7. The number of anilines is 2. The number of nitrogens with one attached hydrogen (secondary N) is 2. The van der Waals surface area contributed by atoms with Crippen molar-refractivity contribution in [1.82, 2.24) is 24.2 Å². The van der Waals surface area contributed by atoms with Gasteiger partial charge in [-0.1, -0.05) is 12.1 Å². The molecule has 0 aliphatic carbocycles. The molecular weight excluding hydrogens is 582 g/mol. The van der Waals surface area contributed by atoms with Gasteiger partial charge in [0.2, 0.25) is 10.0 Å². The number of carbonyl (C=O) groups is 2. The van der Waals surface area contributed by atoms with Crippen LogP contribution in [-0.2, 0) is 15.4 Å². The molecule has 1 spiro atoms. The molecule has 0 saturated carbocycles. The summed E-state index contributed by atoms with van der Waals surface area (Å²) in [7, 11) is -3.87. The number of carbonyl (C=O) groups excluding carboxylic acids is 2. The SMILES string of the molecule is CCS(=O)(=O)NC(=O)c1cnn2c(Nc3cc(C)ccc3F)c(C(=O)N3CCC4(CC3)COc3cc(F)ccc34)cnc12. The molecule has 224 valence electrons. The van der Waals surface area contributed by atoms with E-state index in [0.29, 0.717) is 38.3 Å². The number of aromatic nitrogens is 3. The van der Waals surface area contributed by atoms with Gasteiger partial charge in [0.15, 0.2) is 5.65 Å². The number of halogens is 2. The third-order valence-electron chi connectivity index (χ3n) is 8.03. The van der Waals surface area contributed by atoms with Gasteiger partial charge >= 0.3 is 0 Å². The van der Waals surface area contributed by atoms with Crippen LogP contribution in [-0.4, -0.2) is 65.2 Å². The van der Waals surface area contributed by atoms with Gasteiger partial charge in [0, 0.05) is 36.3 Å². The molecule has 4 aromatic rings. The van der Waals surface area contributed by atoms with Gasteiger partial charge < -0.3 is 15.0 Å². The van der Waals surface area contributed by atoms with Crippen LogP contribution in [0.25, 0.3) is 5.65 Å². The number of hydrogen-bond acceptors (Lipinski definition) is 8. The number of likely N-dealkylation sites (tertiary alicyclic amines) is 1. The summed E-state index contributed by atoms with van der Waals surface area (Å²) in [5, 5.41) is 7.17. The molecule has 2 aliphatic rings. The number of aryl methyl sites for hydroxylation is 1. The minimum absolute atomic E-state index is 0.0274.